The van der Waals surface area contributed by atoms with E-state index in [9.17, 15) is 4.79 Å². The molecule has 0 bridgehead atoms. The molecule has 1 amide bonds. The smallest absolute Gasteiger partial charge is 0.269 e. The van der Waals surface area contributed by atoms with Crippen molar-refractivity contribution in [2.75, 3.05) is 0 Å². The van der Waals surface area contributed by atoms with Crippen molar-refractivity contribution in [3.8, 4) is 0 Å². The number of aromatic amines is 1. The first kappa shape index (κ1) is 7.10. The van der Waals surface area contributed by atoms with Crippen molar-refractivity contribution in [3.05, 3.63) is 22.5 Å². The molecule has 1 rings (SSSR count). The Balaban J connectivity index is 3.15. The van der Waals surface area contributed by atoms with Crippen LogP contribution in [0.2, 0.25) is 0 Å². The predicted octanol–water partition coefficient (Wildman–Crippen LogP) is 0.450. The molecule has 56 valence electrons. The monoisotopic (exact) mass is 152 g/mol. The highest BCUT2D eigenvalue weighted by Crippen LogP contribution is 2.11. The van der Waals surface area contributed by atoms with Crippen molar-refractivity contribution in [1.82, 2.24) is 9.97 Å². The number of carbonyl (C=O) groups excluding carboxylic acids is 1. The lowest BCUT2D eigenvalue weighted by Crippen LogP contribution is -2.11. The molecule has 0 saturated heterocycles. The van der Waals surface area contributed by atoms with Gasteiger partial charge in [0.25, 0.3) is 5.91 Å². The molecule has 0 atom stereocenters. The van der Waals surface area contributed by atoms with Crippen LogP contribution in [0.4, 0.5) is 5.82 Å². The van der Waals surface area contributed by atoms with Gasteiger partial charge in [-0.05, 0) is 10.6 Å². The zero-order valence-corrected chi connectivity index (χ0v) is 5.35. The molecule has 11 heavy (non-hydrogen) atoms. The first-order valence-electron chi connectivity index (χ1n) is 2.64. The fourth-order valence-corrected chi connectivity index (χ4v) is 0.589. The molecule has 0 spiro atoms. The molecule has 0 saturated carbocycles. The second-order valence-electron chi connectivity index (χ2n) is 1.65. The van der Waals surface area contributed by atoms with E-state index in [4.69, 9.17) is 11.3 Å². The summed E-state index contributed by atoms with van der Waals surface area (Å²) in [6.45, 7) is 0. The number of hydrogen-bond acceptors (Lipinski definition) is 3. The summed E-state index contributed by atoms with van der Waals surface area (Å²) in [6.07, 6.45) is 1.23. The maximum Gasteiger partial charge on any atom is 0.269 e. The minimum atomic E-state index is -0.728. The molecule has 0 fully saturated rings. The molecular formula is C4H4N6O. The number of nitrogens with zero attached hydrogens (tertiary/aromatic N) is 4. The van der Waals surface area contributed by atoms with Crippen LogP contribution in [-0.4, -0.2) is 15.9 Å². The highest BCUT2D eigenvalue weighted by Gasteiger charge is 2.08. The van der Waals surface area contributed by atoms with Crippen molar-refractivity contribution in [3.63, 3.8) is 0 Å². The summed E-state index contributed by atoms with van der Waals surface area (Å²) in [7, 11) is 0. The summed E-state index contributed by atoms with van der Waals surface area (Å²) in [5.41, 5.74) is 12.8. The molecule has 1 heterocycles. The Bertz CT molecular complexity index is 305. The topological polar surface area (TPSA) is 121 Å². The van der Waals surface area contributed by atoms with Crippen LogP contribution in [0.5, 0.6) is 0 Å². The number of azide groups is 1. The van der Waals surface area contributed by atoms with E-state index in [1.165, 1.54) is 6.33 Å². The van der Waals surface area contributed by atoms with Crippen LogP contribution >= 0.6 is 0 Å². The Hall–Kier alpha value is -2.01. The second kappa shape index (κ2) is 2.72. The fourth-order valence-electron chi connectivity index (χ4n) is 0.589. The number of H-pyrrole nitrogens is 1. The molecule has 1 aromatic rings. The quantitative estimate of drug-likeness (QED) is 0.363. The zero-order valence-electron chi connectivity index (χ0n) is 5.35. The minimum absolute atomic E-state index is 0.0417. The number of nitrogens with one attached hydrogen (secondary N) is 1. The van der Waals surface area contributed by atoms with Gasteiger partial charge in [-0.3, -0.25) is 4.79 Å². The van der Waals surface area contributed by atoms with Crippen molar-refractivity contribution in [2.45, 2.75) is 0 Å². The molecule has 0 aliphatic carbocycles. The lowest BCUT2D eigenvalue weighted by Gasteiger charge is -1.86. The fraction of sp³-hybridized carbons (Fsp3) is 0. The van der Waals surface area contributed by atoms with Gasteiger partial charge in [0.15, 0.2) is 5.69 Å². The average Bonchev–Trinajstić information content (AvgIpc) is 2.36. The molecule has 0 aliphatic rings. The third-order valence-corrected chi connectivity index (χ3v) is 0.997. The Morgan fingerprint density at radius 2 is 2.64 bits per heavy atom. The molecule has 1 aromatic heterocycles. The number of aromatic nitrogens is 2. The van der Waals surface area contributed by atoms with Gasteiger partial charge in [-0.2, -0.15) is 0 Å². The van der Waals surface area contributed by atoms with E-state index in [1.54, 1.807) is 0 Å². The summed E-state index contributed by atoms with van der Waals surface area (Å²) in [4.78, 5) is 19.0. The van der Waals surface area contributed by atoms with Crippen molar-refractivity contribution < 1.29 is 4.79 Å². The SMILES string of the molecule is [N-]=[N+]=Nc1[nH]cnc1C(N)=O. The highest BCUT2D eigenvalue weighted by molar-refractivity contribution is 5.94. The number of hydrogen-bond donors (Lipinski definition) is 2. The summed E-state index contributed by atoms with van der Waals surface area (Å²) < 4.78 is 0. The number of carbonyl (C=O) groups is 1. The molecular weight excluding hydrogens is 148 g/mol. The molecule has 0 radical (unpaired) electrons. The summed E-state index contributed by atoms with van der Waals surface area (Å²) in [6, 6.07) is 0. The molecule has 7 nitrogen and oxygen atoms in total. The van der Waals surface area contributed by atoms with Crippen LogP contribution in [0.1, 0.15) is 10.5 Å². The minimum Gasteiger partial charge on any atom is -0.364 e. The van der Waals surface area contributed by atoms with E-state index in [1.807, 2.05) is 0 Å². The normalized spacial score (nSPS) is 8.73. The zero-order chi connectivity index (χ0) is 8.27. The molecule has 7 heteroatoms. The first-order chi connectivity index (χ1) is 5.25. The second-order valence-corrected chi connectivity index (χ2v) is 1.65. The Labute approximate surface area is 60.9 Å². The Morgan fingerprint density at radius 1 is 1.91 bits per heavy atom. The van der Waals surface area contributed by atoms with E-state index in [0.717, 1.165) is 0 Å². The largest absolute Gasteiger partial charge is 0.364 e. The lowest BCUT2D eigenvalue weighted by atomic mass is 10.4. The van der Waals surface area contributed by atoms with E-state index in [2.05, 4.69) is 20.0 Å². The number of amides is 1. The third-order valence-electron chi connectivity index (χ3n) is 0.997. The van der Waals surface area contributed by atoms with Crippen LogP contribution in [0.3, 0.4) is 0 Å². The summed E-state index contributed by atoms with van der Waals surface area (Å²) in [5.74, 6) is -0.686. The van der Waals surface area contributed by atoms with Gasteiger partial charge in [0, 0.05) is 4.91 Å². The van der Waals surface area contributed by atoms with Gasteiger partial charge in [0.1, 0.15) is 5.82 Å². The number of primary amides is 1. The van der Waals surface area contributed by atoms with Gasteiger partial charge < -0.3 is 10.7 Å². The van der Waals surface area contributed by atoms with Crippen molar-refractivity contribution in [1.29, 1.82) is 0 Å². The lowest BCUT2D eigenvalue weighted by molar-refractivity contribution is 0.0997. The van der Waals surface area contributed by atoms with E-state index < -0.39 is 5.91 Å². The molecule has 0 aliphatic heterocycles. The van der Waals surface area contributed by atoms with E-state index in [0.29, 0.717) is 0 Å². The Morgan fingerprint density at radius 3 is 3.18 bits per heavy atom. The van der Waals surface area contributed by atoms with Crippen molar-refractivity contribution in [2.24, 2.45) is 10.8 Å². The van der Waals surface area contributed by atoms with Gasteiger partial charge in [-0.15, -0.1) is 0 Å². The maximum atomic E-state index is 10.5. The van der Waals surface area contributed by atoms with Gasteiger partial charge in [0.2, 0.25) is 0 Å². The van der Waals surface area contributed by atoms with Crippen molar-refractivity contribution >= 4 is 11.7 Å². The molecule has 3 N–H and O–H groups in total. The first-order valence-corrected chi connectivity index (χ1v) is 2.64. The third kappa shape index (κ3) is 1.28. The van der Waals surface area contributed by atoms with Crippen LogP contribution in [0.15, 0.2) is 11.4 Å². The maximum absolute atomic E-state index is 10.5. The number of nitrogens with two attached hydrogens (primary N) is 1. The van der Waals surface area contributed by atoms with Gasteiger partial charge >= 0.3 is 0 Å². The molecule has 0 aromatic carbocycles. The van der Waals surface area contributed by atoms with Gasteiger partial charge in [-0.25, -0.2) is 4.98 Å². The number of rotatable bonds is 2. The van der Waals surface area contributed by atoms with E-state index >= 15 is 0 Å². The van der Waals surface area contributed by atoms with Crippen LogP contribution in [0.25, 0.3) is 10.4 Å². The summed E-state index contributed by atoms with van der Waals surface area (Å²) >= 11 is 0. The number of imidazole rings is 1. The molecule has 0 unspecified atom stereocenters. The van der Waals surface area contributed by atoms with Crippen LogP contribution in [0, 0.1) is 0 Å². The van der Waals surface area contributed by atoms with Crippen LogP contribution < -0.4 is 5.73 Å². The van der Waals surface area contributed by atoms with E-state index in [-0.39, 0.29) is 11.5 Å². The highest BCUT2D eigenvalue weighted by atomic mass is 16.1. The van der Waals surface area contributed by atoms with Gasteiger partial charge in [-0.1, -0.05) is 0 Å². The predicted molar refractivity (Wildman–Crippen MR) is 35.9 cm³/mol. The standard InChI is InChI=1S/C4H4N6O/c5-3(11)2-4(9-10-6)8-1-7-2/h1H,(H2,5,11)(H,7,8). The van der Waals surface area contributed by atoms with Gasteiger partial charge in [0.05, 0.1) is 6.33 Å². The Kier molecular flexibility index (Phi) is 1.75. The van der Waals surface area contributed by atoms with Crippen LogP contribution in [-0.2, 0) is 0 Å². The summed E-state index contributed by atoms with van der Waals surface area (Å²) in [5, 5.41) is 3.15. The average molecular weight is 152 g/mol.